The number of methoxy groups -OCH3 is 1. The molecular formula is C23H29N3O4. The zero-order valence-corrected chi connectivity index (χ0v) is 17.2. The van der Waals surface area contributed by atoms with Crippen LogP contribution in [0.1, 0.15) is 36.0 Å². The van der Waals surface area contributed by atoms with Crippen LogP contribution < -0.4 is 14.8 Å². The molecule has 4 atom stereocenters. The van der Waals surface area contributed by atoms with E-state index in [1.807, 2.05) is 12.1 Å². The highest BCUT2D eigenvalue weighted by Crippen LogP contribution is 2.31. The fourth-order valence-electron chi connectivity index (χ4n) is 4.54. The quantitative estimate of drug-likeness (QED) is 0.759. The Balaban J connectivity index is 1.52. The van der Waals surface area contributed by atoms with Gasteiger partial charge in [0, 0.05) is 18.2 Å². The van der Waals surface area contributed by atoms with Crippen LogP contribution in [0.15, 0.2) is 48.8 Å². The number of likely N-dealkylation sites (tertiary alicyclic amines) is 1. The summed E-state index contributed by atoms with van der Waals surface area (Å²) in [6, 6.07) is 10.3. The van der Waals surface area contributed by atoms with Gasteiger partial charge in [-0.15, -0.1) is 0 Å². The topological polar surface area (TPSA) is 83.9 Å². The van der Waals surface area contributed by atoms with Crippen molar-refractivity contribution in [3.8, 4) is 11.5 Å². The molecule has 0 spiro atoms. The van der Waals surface area contributed by atoms with E-state index in [1.165, 1.54) is 6.42 Å². The minimum absolute atomic E-state index is 0.171. The predicted octanol–water partition coefficient (Wildman–Crippen LogP) is 2.26. The number of rotatable bonds is 6. The molecule has 0 bridgehead atoms. The Labute approximate surface area is 177 Å². The van der Waals surface area contributed by atoms with Crippen molar-refractivity contribution in [2.24, 2.45) is 0 Å². The molecule has 2 aliphatic rings. The number of benzene rings is 1. The van der Waals surface area contributed by atoms with Gasteiger partial charge in [-0.2, -0.15) is 0 Å². The number of carbonyl (C=O) groups is 1. The number of carbonyl (C=O) groups excluding carboxylic acids is 1. The molecule has 2 heterocycles. The third kappa shape index (κ3) is 4.57. The van der Waals surface area contributed by atoms with Gasteiger partial charge in [0.25, 0.3) is 5.91 Å². The van der Waals surface area contributed by atoms with E-state index >= 15 is 0 Å². The molecule has 1 aliphatic carbocycles. The Morgan fingerprint density at radius 1 is 1.17 bits per heavy atom. The lowest BCUT2D eigenvalue weighted by atomic mass is 10.0. The van der Waals surface area contributed by atoms with Crippen LogP contribution in [0.4, 0.5) is 0 Å². The minimum atomic E-state index is -0.695. The molecule has 2 N–H and O–H groups in total. The van der Waals surface area contributed by atoms with Gasteiger partial charge in [-0.1, -0.05) is 12.5 Å². The largest absolute Gasteiger partial charge is 0.497 e. The van der Waals surface area contributed by atoms with Gasteiger partial charge >= 0.3 is 0 Å². The lowest BCUT2D eigenvalue weighted by molar-refractivity contribution is 0.00136. The zero-order valence-electron chi connectivity index (χ0n) is 17.2. The molecule has 7 heteroatoms. The number of aliphatic hydroxyl groups excluding tert-OH is 1. The molecule has 30 heavy (non-hydrogen) atoms. The Morgan fingerprint density at radius 3 is 2.70 bits per heavy atom. The van der Waals surface area contributed by atoms with Gasteiger partial charge < -0.3 is 19.9 Å². The molecule has 7 nitrogen and oxygen atoms in total. The molecule has 1 saturated heterocycles. The standard InChI is InChI=1S/C23H29N3O4/c1-29-17-8-5-7-16(13-17)23(28)25-19-14-20(30-18-9-6-10-24-15-18)22(27)21(19)26-11-3-2-4-12-26/h5-10,13,15,19-22,27H,2-4,11-12,14H2,1H3,(H,25,28)/t19-,20-,21+,22+/m1/s1. The van der Waals surface area contributed by atoms with Gasteiger partial charge in [-0.05, 0) is 56.3 Å². The van der Waals surface area contributed by atoms with Crippen LogP contribution in [-0.4, -0.2) is 65.4 Å². The average molecular weight is 412 g/mol. The number of hydrogen-bond acceptors (Lipinski definition) is 6. The first kappa shape index (κ1) is 20.6. The van der Waals surface area contributed by atoms with E-state index in [4.69, 9.17) is 9.47 Å². The third-order valence-corrected chi connectivity index (χ3v) is 6.01. The summed E-state index contributed by atoms with van der Waals surface area (Å²) < 4.78 is 11.3. The predicted molar refractivity (Wildman–Crippen MR) is 113 cm³/mol. The number of aromatic nitrogens is 1. The molecule has 2 aromatic rings. The van der Waals surface area contributed by atoms with Crippen molar-refractivity contribution in [3.05, 3.63) is 54.4 Å². The SMILES string of the molecule is COc1cccc(C(=O)N[C@@H]2C[C@@H](Oc3cccnc3)[C@H](O)[C@H]2N2CCCCC2)c1. The first-order valence-corrected chi connectivity index (χ1v) is 10.6. The van der Waals surface area contributed by atoms with Gasteiger partial charge in [0.1, 0.15) is 23.7 Å². The highest BCUT2D eigenvalue weighted by molar-refractivity contribution is 5.94. The van der Waals surface area contributed by atoms with Crippen LogP contribution in [0.25, 0.3) is 0 Å². The number of nitrogens with one attached hydrogen (secondary N) is 1. The first-order valence-electron chi connectivity index (χ1n) is 10.6. The van der Waals surface area contributed by atoms with E-state index in [-0.39, 0.29) is 18.0 Å². The van der Waals surface area contributed by atoms with Crippen molar-refractivity contribution in [1.29, 1.82) is 0 Å². The van der Waals surface area contributed by atoms with E-state index in [0.717, 1.165) is 25.9 Å². The summed E-state index contributed by atoms with van der Waals surface area (Å²) in [6.07, 6.45) is 6.18. The van der Waals surface area contributed by atoms with Crippen LogP contribution in [0.5, 0.6) is 11.5 Å². The second-order valence-electron chi connectivity index (χ2n) is 7.97. The smallest absolute Gasteiger partial charge is 0.251 e. The third-order valence-electron chi connectivity index (χ3n) is 6.01. The highest BCUT2D eigenvalue weighted by Gasteiger charge is 2.47. The molecule has 0 radical (unpaired) electrons. The van der Waals surface area contributed by atoms with E-state index in [9.17, 15) is 9.90 Å². The van der Waals surface area contributed by atoms with Crippen LogP contribution in [0.2, 0.25) is 0 Å². The van der Waals surface area contributed by atoms with Crippen molar-refractivity contribution in [3.63, 3.8) is 0 Å². The van der Waals surface area contributed by atoms with Gasteiger partial charge in [-0.3, -0.25) is 14.7 Å². The number of amides is 1. The van der Waals surface area contributed by atoms with Crippen molar-refractivity contribution < 1.29 is 19.4 Å². The summed E-state index contributed by atoms with van der Waals surface area (Å²) in [5, 5.41) is 14.3. The van der Waals surface area contributed by atoms with Gasteiger partial charge in [0.05, 0.1) is 25.4 Å². The lowest BCUT2D eigenvalue weighted by Crippen LogP contribution is -2.54. The molecule has 1 amide bonds. The van der Waals surface area contributed by atoms with Crippen molar-refractivity contribution in [2.75, 3.05) is 20.2 Å². The molecular weight excluding hydrogens is 382 g/mol. The number of hydrogen-bond donors (Lipinski definition) is 2. The van der Waals surface area contributed by atoms with E-state index in [2.05, 4.69) is 15.2 Å². The zero-order chi connectivity index (χ0) is 20.9. The number of ether oxygens (including phenoxy) is 2. The molecule has 1 saturated carbocycles. The van der Waals surface area contributed by atoms with E-state index < -0.39 is 12.2 Å². The lowest BCUT2D eigenvalue weighted by Gasteiger charge is -2.37. The molecule has 1 aliphatic heterocycles. The van der Waals surface area contributed by atoms with Crippen LogP contribution >= 0.6 is 0 Å². The first-order chi connectivity index (χ1) is 14.7. The molecule has 2 fully saturated rings. The van der Waals surface area contributed by atoms with E-state index in [1.54, 1.807) is 43.8 Å². The van der Waals surface area contributed by atoms with E-state index in [0.29, 0.717) is 23.5 Å². The second-order valence-corrected chi connectivity index (χ2v) is 7.97. The fraction of sp³-hybridized carbons (Fsp3) is 0.478. The van der Waals surface area contributed by atoms with Crippen molar-refractivity contribution in [2.45, 2.75) is 50.0 Å². The second kappa shape index (κ2) is 9.45. The molecule has 1 aromatic heterocycles. The average Bonchev–Trinajstić information content (AvgIpc) is 3.09. The Kier molecular flexibility index (Phi) is 6.50. The number of piperidine rings is 1. The molecule has 0 unspecified atom stereocenters. The number of pyridine rings is 1. The summed E-state index contributed by atoms with van der Waals surface area (Å²) in [7, 11) is 1.58. The molecule has 4 rings (SSSR count). The number of nitrogens with zero attached hydrogens (tertiary/aromatic N) is 2. The Morgan fingerprint density at radius 2 is 1.97 bits per heavy atom. The van der Waals surface area contributed by atoms with Crippen LogP contribution in [0.3, 0.4) is 0 Å². The monoisotopic (exact) mass is 411 g/mol. The van der Waals surface area contributed by atoms with Gasteiger partial charge in [-0.25, -0.2) is 0 Å². The summed E-state index contributed by atoms with van der Waals surface area (Å²) in [4.78, 5) is 19.3. The summed E-state index contributed by atoms with van der Waals surface area (Å²) in [5.74, 6) is 1.09. The normalized spacial score (nSPS) is 26.9. The maximum absolute atomic E-state index is 13.0. The van der Waals surface area contributed by atoms with Gasteiger partial charge in [0.2, 0.25) is 0 Å². The maximum Gasteiger partial charge on any atom is 0.251 e. The molecule has 1 aromatic carbocycles. The number of aliphatic hydroxyl groups is 1. The van der Waals surface area contributed by atoms with Crippen LogP contribution in [0, 0.1) is 0 Å². The summed E-state index contributed by atoms with van der Waals surface area (Å²) in [5.41, 5.74) is 0.540. The van der Waals surface area contributed by atoms with Crippen molar-refractivity contribution >= 4 is 5.91 Å². The van der Waals surface area contributed by atoms with Crippen molar-refractivity contribution in [1.82, 2.24) is 15.2 Å². The summed E-state index contributed by atoms with van der Waals surface area (Å²) >= 11 is 0. The molecule has 160 valence electrons. The minimum Gasteiger partial charge on any atom is -0.497 e. The van der Waals surface area contributed by atoms with Gasteiger partial charge in [0.15, 0.2) is 0 Å². The Hall–Kier alpha value is -2.64. The Bertz CT molecular complexity index is 841. The fourth-order valence-corrected chi connectivity index (χ4v) is 4.54. The maximum atomic E-state index is 13.0. The highest BCUT2D eigenvalue weighted by atomic mass is 16.5. The van der Waals surface area contributed by atoms with Crippen LogP contribution in [-0.2, 0) is 0 Å². The summed E-state index contributed by atoms with van der Waals surface area (Å²) in [6.45, 7) is 1.85.